The second-order valence-electron chi connectivity index (χ2n) is 10.7. The van der Waals surface area contributed by atoms with Crippen LogP contribution in [0.4, 0.5) is 9.18 Å². The lowest BCUT2D eigenvalue weighted by Gasteiger charge is -2.40. The molecular formula is C23H36BFN2O4. The molecule has 0 unspecified atom stereocenters. The number of carbonyl (C=O) groups excluding carboxylic acids is 1. The van der Waals surface area contributed by atoms with Crippen molar-refractivity contribution in [3.05, 3.63) is 29.6 Å². The fraction of sp³-hybridized carbons (Fsp3) is 0.696. The first kappa shape index (κ1) is 24.0. The summed E-state index contributed by atoms with van der Waals surface area (Å²) in [6.45, 7) is 17.9. The highest BCUT2D eigenvalue weighted by molar-refractivity contribution is 6.62. The van der Waals surface area contributed by atoms with Crippen molar-refractivity contribution in [1.29, 1.82) is 0 Å². The van der Waals surface area contributed by atoms with Crippen LogP contribution in [0.15, 0.2) is 18.2 Å². The zero-order valence-corrected chi connectivity index (χ0v) is 20.1. The summed E-state index contributed by atoms with van der Waals surface area (Å²) in [6, 6.07) is 5.19. The quantitative estimate of drug-likeness (QED) is 0.681. The van der Waals surface area contributed by atoms with Crippen LogP contribution in [0.2, 0.25) is 0 Å². The number of benzene rings is 1. The van der Waals surface area contributed by atoms with Gasteiger partial charge in [0.2, 0.25) is 0 Å². The van der Waals surface area contributed by atoms with Crippen molar-refractivity contribution in [2.45, 2.75) is 84.8 Å². The Labute approximate surface area is 186 Å². The Morgan fingerprint density at radius 1 is 1.19 bits per heavy atom. The lowest BCUT2D eigenvalue weighted by Crippen LogP contribution is -2.54. The SMILES string of the molecule is C[C@@H]1CN(Cc2ccc(B3OC(C)(C)C(C)(C)O3)cc2F)CCN1C(=O)OC(C)(C)C. The third-order valence-corrected chi connectivity index (χ3v) is 6.34. The molecule has 0 spiro atoms. The average Bonchev–Trinajstić information content (AvgIpc) is 2.83. The number of hydrogen-bond acceptors (Lipinski definition) is 5. The largest absolute Gasteiger partial charge is 0.494 e. The number of ether oxygens (including phenoxy) is 1. The summed E-state index contributed by atoms with van der Waals surface area (Å²) in [4.78, 5) is 16.3. The summed E-state index contributed by atoms with van der Waals surface area (Å²) in [6.07, 6.45) is -0.294. The van der Waals surface area contributed by atoms with E-state index in [1.54, 1.807) is 11.0 Å². The highest BCUT2D eigenvalue weighted by atomic mass is 19.1. The van der Waals surface area contributed by atoms with Crippen LogP contribution in [0.25, 0.3) is 0 Å². The minimum absolute atomic E-state index is 0.00399. The van der Waals surface area contributed by atoms with E-state index in [0.717, 1.165) is 0 Å². The Morgan fingerprint density at radius 3 is 2.32 bits per heavy atom. The van der Waals surface area contributed by atoms with E-state index in [2.05, 4.69) is 4.90 Å². The van der Waals surface area contributed by atoms with Gasteiger partial charge in [0.1, 0.15) is 11.4 Å². The van der Waals surface area contributed by atoms with Gasteiger partial charge in [0.05, 0.1) is 11.2 Å². The Balaban J connectivity index is 1.61. The van der Waals surface area contributed by atoms with E-state index in [-0.39, 0.29) is 18.0 Å². The van der Waals surface area contributed by atoms with Crippen molar-refractivity contribution in [3.63, 3.8) is 0 Å². The van der Waals surface area contributed by atoms with Gasteiger partial charge in [0, 0.05) is 37.8 Å². The van der Waals surface area contributed by atoms with Crippen LogP contribution >= 0.6 is 0 Å². The van der Waals surface area contributed by atoms with Gasteiger partial charge in [0.15, 0.2) is 0 Å². The van der Waals surface area contributed by atoms with E-state index in [4.69, 9.17) is 14.0 Å². The predicted octanol–water partition coefficient (Wildman–Crippen LogP) is 3.57. The predicted molar refractivity (Wildman–Crippen MR) is 120 cm³/mol. The molecule has 0 radical (unpaired) electrons. The maximum Gasteiger partial charge on any atom is 0.494 e. The van der Waals surface area contributed by atoms with Crippen LogP contribution in [0.3, 0.4) is 0 Å². The molecule has 0 bridgehead atoms. The molecule has 2 aliphatic heterocycles. The molecule has 172 valence electrons. The lowest BCUT2D eigenvalue weighted by atomic mass is 9.78. The molecule has 3 rings (SSSR count). The van der Waals surface area contributed by atoms with Gasteiger partial charge in [0.25, 0.3) is 0 Å². The van der Waals surface area contributed by atoms with Crippen LogP contribution < -0.4 is 5.46 Å². The van der Waals surface area contributed by atoms with Crippen molar-refractivity contribution in [2.75, 3.05) is 19.6 Å². The number of halogens is 1. The van der Waals surface area contributed by atoms with E-state index < -0.39 is 23.9 Å². The van der Waals surface area contributed by atoms with E-state index in [1.807, 2.05) is 61.5 Å². The monoisotopic (exact) mass is 434 g/mol. The zero-order valence-electron chi connectivity index (χ0n) is 20.1. The first-order valence-electron chi connectivity index (χ1n) is 11.0. The highest BCUT2D eigenvalue weighted by Crippen LogP contribution is 2.36. The third kappa shape index (κ3) is 5.41. The van der Waals surface area contributed by atoms with Crippen molar-refractivity contribution < 1.29 is 23.2 Å². The molecule has 2 saturated heterocycles. The number of amides is 1. The number of hydrogen-bond donors (Lipinski definition) is 0. The summed E-state index contributed by atoms with van der Waals surface area (Å²) in [7, 11) is -0.578. The number of nitrogens with zero attached hydrogens (tertiary/aromatic N) is 2. The molecule has 31 heavy (non-hydrogen) atoms. The normalized spacial score (nSPS) is 23.8. The van der Waals surface area contributed by atoms with Crippen LogP contribution in [-0.4, -0.2) is 65.5 Å². The molecule has 1 aromatic carbocycles. The lowest BCUT2D eigenvalue weighted by molar-refractivity contribution is 0.000438. The molecule has 2 aliphatic rings. The highest BCUT2D eigenvalue weighted by Gasteiger charge is 2.51. The molecule has 0 saturated carbocycles. The van der Waals surface area contributed by atoms with Gasteiger partial charge in [-0.05, 0) is 66.9 Å². The van der Waals surface area contributed by atoms with Gasteiger partial charge in [-0.1, -0.05) is 12.1 Å². The minimum atomic E-state index is -0.578. The standard InChI is InChI=1S/C23H36BFN2O4/c1-16-14-26(11-12-27(16)20(28)29-21(2,3)4)15-17-9-10-18(13-19(17)25)24-30-22(5,6)23(7,8)31-24/h9-10,13,16H,11-12,14-15H2,1-8H3/t16-/m1/s1. The molecule has 2 heterocycles. The molecular weight excluding hydrogens is 398 g/mol. The Bertz CT molecular complexity index is 808. The first-order chi connectivity index (χ1) is 14.2. The fourth-order valence-electron chi connectivity index (χ4n) is 3.83. The summed E-state index contributed by atoms with van der Waals surface area (Å²) in [5.41, 5.74) is -0.134. The summed E-state index contributed by atoms with van der Waals surface area (Å²) < 4.78 is 32.5. The number of carbonyl (C=O) groups is 1. The zero-order chi connectivity index (χ0) is 23.2. The first-order valence-corrected chi connectivity index (χ1v) is 11.0. The second-order valence-corrected chi connectivity index (χ2v) is 10.7. The maximum absolute atomic E-state index is 14.9. The van der Waals surface area contributed by atoms with Crippen molar-refractivity contribution in [1.82, 2.24) is 9.80 Å². The summed E-state index contributed by atoms with van der Waals surface area (Å²) >= 11 is 0. The fourth-order valence-corrected chi connectivity index (χ4v) is 3.83. The average molecular weight is 434 g/mol. The third-order valence-electron chi connectivity index (χ3n) is 6.34. The van der Waals surface area contributed by atoms with Crippen LogP contribution in [0, 0.1) is 5.82 Å². The molecule has 0 N–H and O–H groups in total. The summed E-state index contributed by atoms with van der Waals surface area (Å²) in [5.74, 6) is -0.269. The topological polar surface area (TPSA) is 51.2 Å². The van der Waals surface area contributed by atoms with Crippen LogP contribution in [0.5, 0.6) is 0 Å². The number of piperazine rings is 1. The Morgan fingerprint density at radius 2 is 1.81 bits per heavy atom. The Kier molecular flexibility index (Phi) is 6.49. The minimum Gasteiger partial charge on any atom is -0.444 e. The van der Waals surface area contributed by atoms with E-state index in [1.165, 1.54) is 6.07 Å². The van der Waals surface area contributed by atoms with Crippen LogP contribution in [0.1, 0.15) is 61.0 Å². The van der Waals surface area contributed by atoms with Gasteiger partial charge >= 0.3 is 13.2 Å². The van der Waals surface area contributed by atoms with Gasteiger partial charge in [-0.15, -0.1) is 0 Å². The van der Waals surface area contributed by atoms with Crippen molar-refractivity contribution >= 4 is 18.7 Å². The molecule has 0 aliphatic carbocycles. The van der Waals surface area contributed by atoms with Crippen molar-refractivity contribution in [2.24, 2.45) is 0 Å². The van der Waals surface area contributed by atoms with Gasteiger partial charge in [-0.3, -0.25) is 4.90 Å². The van der Waals surface area contributed by atoms with Gasteiger partial charge in [-0.25, -0.2) is 9.18 Å². The second kappa shape index (κ2) is 8.37. The molecule has 8 heteroatoms. The molecule has 1 amide bonds. The summed E-state index contributed by atoms with van der Waals surface area (Å²) in [5, 5.41) is 0. The van der Waals surface area contributed by atoms with E-state index in [9.17, 15) is 9.18 Å². The van der Waals surface area contributed by atoms with Gasteiger partial charge < -0.3 is 18.9 Å². The molecule has 1 atom stereocenters. The van der Waals surface area contributed by atoms with Crippen LogP contribution in [-0.2, 0) is 20.6 Å². The van der Waals surface area contributed by atoms with Gasteiger partial charge in [-0.2, -0.15) is 0 Å². The molecule has 2 fully saturated rings. The molecule has 0 aromatic heterocycles. The van der Waals surface area contributed by atoms with E-state index in [0.29, 0.717) is 37.2 Å². The van der Waals surface area contributed by atoms with E-state index >= 15 is 0 Å². The molecule has 1 aromatic rings. The number of rotatable bonds is 3. The maximum atomic E-state index is 14.9. The molecule has 6 nitrogen and oxygen atoms in total. The Hall–Kier alpha value is -1.64. The smallest absolute Gasteiger partial charge is 0.444 e. The van der Waals surface area contributed by atoms with Crippen molar-refractivity contribution in [3.8, 4) is 0 Å².